The van der Waals surface area contributed by atoms with Gasteiger partial charge in [0.15, 0.2) is 0 Å². The lowest BCUT2D eigenvalue weighted by Gasteiger charge is -2.38. The van der Waals surface area contributed by atoms with Crippen LogP contribution in [0.15, 0.2) is 18.5 Å². The van der Waals surface area contributed by atoms with Gasteiger partial charge in [-0.3, -0.25) is 0 Å². The first-order chi connectivity index (χ1) is 11.0. The van der Waals surface area contributed by atoms with Crippen LogP contribution in [0.3, 0.4) is 0 Å². The molecular weight excluding hydrogens is 338 g/mol. The first-order valence-corrected chi connectivity index (χ1v) is 9.69. The van der Waals surface area contributed by atoms with Crippen molar-refractivity contribution in [2.75, 3.05) is 0 Å². The van der Waals surface area contributed by atoms with Gasteiger partial charge in [-0.05, 0) is 19.8 Å². The maximum absolute atomic E-state index is 12.6. The molecule has 1 saturated carbocycles. The first-order valence-electron chi connectivity index (χ1n) is 7.81. The molecule has 0 radical (unpaired) electrons. The van der Waals surface area contributed by atoms with E-state index in [1.54, 1.807) is 4.31 Å². The Hall–Kier alpha value is -1.18. The average molecular weight is 356 g/mol. The van der Waals surface area contributed by atoms with E-state index in [0.29, 0.717) is 29.4 Å². The fraction of sp³-hybridized carbons (Fsp3) is 0.600. The van der Waals surface area contributed by atoms with Gasteiger partial charge in [0, 0.05) is 30.5 Å². The summed E-state index contributed by atoms with van der Waals surface area (Å²) in [6, 6.07) is -0.219. The molecule has 0 spiro atoms. The number of sulfonamides is 1. The van der Waals surface area contributed by atoms with Crippen LogP contribution in [0.2, 0.25) is 5.15 Å². The number of ether oxygens (including phenoxy) is 1. The van der Waals surface area contributed by atoms with Gasteiger partial charge in [-0.2, -0.15) is 4.31 Å². The standard InChI is InChI=1S/C15H18ClN3O3S/c1-9-14(16)17-8-18-15(9)22-12-6-10-2-3-11(7-12)19(10)23(20,21)13-4-5-13/h2-3,8,10-13H,4-7H2,1H3/t10-,11?,12-/m0/s1. The highest BCUT2D eigenvalue weighted by atomic mass is 35.5. The van der Waals surface area contributed by atoms with Crippen LogP contribution in [0, 0.1) is 6.92 Å². The molecule has 1 unspecified atom stereocenters. The first kappa shape index (κ1) is 15.4. The summed E-state index contributed by atoms with van der Waals surface area (Å²) in [5.74, 6) is 0.480. The number of hydrogen-bond donors (Lipinski definition) is 0. The molecule has 8 heteroatoms. The van der Waals surface area contributed by atoms with Gasteiger partial charge < -0.3 is 4.74 Å². The van der Waals surface area contributed by atoms with Crippen molar-refractivity contribution in [3.05, 3.63) is 29.2 Å². The lowest BCUT2D eigenvalue weighted by Crippen LogP contribution is -2.50. The molecule has 2 bridgehead atoms. The van der Waals surface area contributed by atoms with Gasteiger partial charge in [-0.15, -0.1) is 0 Å². The van der Waals surface area contributed by atoms with Crippen LogP contribution in [0.4, 0.5) is 0 Å². The summed E-state index contributed by atoms with van der Waals surface area (Å²) >= 11 is 5.99. The lowest BCUT2D eigenvalue weighted by molar-refractivity contribution is 0.0982. The van der Waals surface area contributed by atoms with E-state index in [9.17, 15) is 8.42 Å². The second-order valence-corrected chi connectivity index (χ2v) is 8.88. The molecule has 2 fully saturated rings. The Morgan fingerprint density at radius 2 is 1.87 bits per heavy atom. The number of halogens is 1. The molecule has 0 aromatic carbocycles. The highest BCUT2D eigenvalue weighted by Gasteiger charge is 2.50. The Balaban J connectivity index is 1.51. The van der Waals surface area contributed by atoms with Crippen molar-refractivity contribution in [3.8, 4) is 5.88 Å². The highest BCUT2D eigenvalue weighted by molar-refractivity contribution is 7.90. The van der Waals surface area contributed by atoms with E-state index < -0.39 is 10.0 Å². The smallest absolute Gasteiger partial charge is 0.221 e. The minimum Gasteiger partial charge on any atom is -0.474 e. The number of fused-ring (bicyclic) bond motifs is 2. The lowest BCUT2D eigenvalue weighted by atomic mass is 10.0. The molecule has 1 aliphatic carbocycles. The molecular formula is C15H18ClN3O3S. The van der Waals surface area contributed by atoms with Crippen LogP contribution in [-0.4, -0.2) is 46.1 Å². The number of nitrogens with zero attached hydrogens (tertiary/aromatic N) is 3. The van der Waals surface area contributed by atoms with Gasteiger partial charge in [0.2, 0.25) is 15.9 Å². The Labute approximate surface area is 140 Å². The Kier molecular flexibility index (Phi) is 3.62. The molecule has 4 rings (SSSR count). The number of piperidine rings is 1. The van der Waals surface area contributed by atoms with Gasteiger partial charge >= 0.3 is 0 Å². The van der Waals surface area contributed by atoms with Gasteiger partial charge in [-0.25, -0.2) is 18.4 Å². The molecule has 2 aliphatic heterocycles. The van der Waals surface area contributed by atoms with Crippen molar-refractivity contribution in [1.82, 2.24) is 14.3 Å². The second-order valence-electron chi connectivity index (χ2n) is 6.40. The maximum atomic E-state index is 12.6. The van der Waals surface area contributed by atoms with E-state index in [2.05, 4.69) is 9.97 Å². The Morgan fingerprint density at radius 1 is 1.22 bits per heavy atom. The third-order valence-corrected chi connectivity index (χ3v) is 7.54. The molecule has 1 saturated heterocycles. The highest BCUT2D eigenvalue weighted by Crippen LogP contribution is 2.40. The van der Waals surface area contributed by atoms with Gasteiger partial charge in [0.25, 0.3) is 0 Å². The third-order valence-electron chi connectivity index (χ3n) is 4.71. The van der Waals surface area contributed by atoms with Crippen molar-refractivity contribution >= 4 is 21.6 Å². The minimum atomic E-state index is -3.17. The van der Waals surface area contributed by atoms with Crippen molar-refractivity contribution < 1.29 is 13.2 Å². The molecule has 3 heterocycles. The Morgan fingerprint density at radius 3 is 2.48 bits per heavy atom. The van der Waals surface area contributed by atoms with Crippen LogP contribution < -0.4 is 4.74 Å². The van der Waals surface area contributed by atoms with E-state index in [1.807, 2.05) is 19.1 Å². The molecule has 3 atom stereocenters. The van der Waals surface area contributed by atoms with Crippen LogP contribution >= 0.6 is 11.6 Å². The molecule has 1 aromatic heterocycles. The summed E-state index contributed by atoms with van der Waals surface area (Å²) in [5.41, 5.74) is 0.711. The number of rotatable bonds is 4. The van der Waals surface area contributed by atoms with Crippen LogP contribution in [-0.2, 0) is 10.0 Å². The van der Waals surface area contributed by atoms with Crippen LogP contribution in [0.5, 0.6) is 5.88 Å². The predicted molar refractivity (Wildman–Crippen MR) is 85.9 cm³/mol. The number of aromatic nitrogens is 2. The second kappa shape index (κ2) is 5.43. The minimum absolute atomic E-state index is 0.0738. The van der Waals surface area contributed by atoms with Crippen molar-refractivity contribution in [2.45, 2.75) is 56.0 Å². The molecule has 1 aromatic rings. The van der Waals surface area contributed by atoms with Crippen molar-refractivity contribution in [1.29, 1.82) is 0 Å². The van der Waals surface area contributed by atoms with Gasteiger partial charge in [0.05, 0.1) is 5.25 Å². The fourth-order valence-electron chi connectivity index (χ4n) is 3.37. The molecule has 0 N–H and O–H groups in total. The van der Waals surface area contributed by atoms with Crippen LogP contribution in [0.25, 0.3) is 0 Å². The van der Waals surface area contributed by atoms with E-state index in [1.165, 1.54) is 6.33 Å². The topological polar surface area (TPSA) is 72.4 Å². The summed E-state index contributed by atoms with van der Waals surface area (Å²) in [6.07, 6.45) is 8.15. The summed E-state index contributed by atoms with van der Waals surface area (Å²) in [4.78, 5) is 8.06. The number of hydrogen-bond acceptors (Lipinski definition) is 5. The van der Waals surface area contributed by atoms with E-state index in [4.69, 9.17) is 16.3 Å². The average Bonchev–Trinajstić information content (AvgIpc) is 3.31. The molecule has 0 amide bonds. The fourth-order valence-corrected chi connectivity index (χ4v) is 5.64. The SMILES string of the molecule is Cc1c(Cl)ncnc1O[C@@H]1CC2C=C[C@@H](C1)N2S(=O)(=O)C1CC1. The molecule has 23 heavy (non-hydrogen) atoms. The zero-order valence-corrected chi connectivity index (χ0v) is 14.3. The van der Waals surface area contributed by atoms with E-state index >= 15 is 0 Å². The summed E-state index contributed by atoms with van der Waals surface area (Å²) < 4.78 is 32.8. The molecule has 6 nitrogen and oxygen atoms in total. The van der Waals surface area contributed by atoms with E-state index in [0.717, 1.165) is 12.8 Å². The quantitative estimate of drug-likeness (QED) is 0.610. The van der Waals surface area contributed by atoms with Crippen LogP contribution in [0.1, 0.15) is 31.2 Å². The largest absolute Gasteiger partial charge is 0.474 e. The Bertz CT molecular complexity index is 747. The van der Waals surface area contributed by atoms with Crippen molar-refractivity contribution in [3.63, 3.8) is 0 Å². The normalized spacial score (nSPS) is 30.6. The molecule has 124 valence electrons. The maximum Gasteiger partial charge on any atom is 0.221 e. The third kappa shape index (κ3) is 2.64. The zero-order valence-electron chi connectivity index (χ0n) is 12.7. The van der Waals surface area contributed by atoms with Gasteiger partial charge in [0.1, 0.15) is 17.6 Å². The summed E-state index contributed by atoms with van der Waals surface area (Å²) in [5, 5.41) is 0.206. The summed E-state index contributed by atoms with van der Waals surface area (Å²) in [6.45, 7) is 1.82. The van der Waals surface area contributed by atoms with Gasteiger partial charge in [-0.1, -0.05) is 23.8 Å². The van der Waals surface area contributed by atoms with Crippen molar-refractivity contribution in [2.24, 2.45) is 0 Å². The van der Waals surface area contributed by atoms with E-state index in [-0.39, 0.29) is 23.4 Å². The zero-order chi connectivity index (χ0) is 16.2. The predicted octanol–water partition coefficient (Wildman–Crippen LogP) is 2.08. The summed E-state index contributed by atoms with van der Waals surface area (Å²) in [7, 11) is -3.17. The monoisotopic (exact) mass is 355 g/mol. The molecule has 3 aliphatic rings.